The lowest BCUT2D eigenvalue weighted by atomic mass is 10.1. The average Bonchev–Trinajstić information content (AvgIpc) is 2.78. The lowest BCUT2D eigenvalue weighted by Crippen LogP contribution is -2.26. The second-order valence-electron chi connectivity index (χ2n) is 8.28. The summed E-state index contributed by atoms with van der Waals surface area (Å²) in [6.07, 6.45) is 0. The summed E-state index contributed by atoms with van der Waals surface area (Å²) in [4.78, 5) is 42.9. The van der Waals surface area contributed by atoms with Crippen molar-refractivity contribution >= 4 is 40.0 Å². The van der Waals surface area contributed by atoms with Crippen molar-refractivity contribution in [1.82, 2.24) is 9.55 Å². The van der Waals surface area contributed by atoms with E-state index in [2.05, 4.69) is 5.32 Å². The Bertz CT molecular complexity index is 1460. The number of benzene rings is 3. The number of para-hydroxylation sites is 1. The summed E-state index contributed by atoms with van der Waals surface area (Å²) >= 11 is 1.22. The molecule has 0 bridgehead atoms. The fraction of sp³-hybridized carbons (Fsp3) is 0.185. The molecule has 7 heteroatoms. The fourth-order valence-corrected chi connectivity index (χ4v) is 4.70. The van der Waals surface area contributed by atoms with Gasteiger partial charge in [0.25, 0.3) is 5.56 Å². The largest absolute Gasteiger partial charge is 0.325 e. The number of amides is 1. The van der Waals surface area contributed by atoms with Gasteiger partial charge in [0.1, 0.15) is 0 Å². The van der Waals surface area contributed by atoms with Gasteiger partial charge in [-0.2, -0.15) is 0 Å². The van der Waals surface area contributed by atoms with Crippen molar-refractivity contribution in [1.29, 1.82) is 0 Å². The first-order valence-corrected chi connectivity index (χ1v) is 11.8. The molecule has 34 heavy (non-hydrogen) atoms. The van der Waals surface area contributed by atoms with E-state index in [9.17, 15) is 14.4 Å². The molecule has 1 aromatic heterocycles. The van der Waals surface area contributed by atoms with Gasteiger partial charge in [-0.05, 0) is 75.2 Å². The van der Waals surface area contributed by atoms with E-state index in [4.69, 9.17) is 4.98 Å². The number of nitrogens with zero attached hydrogens (tertiary/aromatic N) is 2. The van der Waals surface area contributed by atoms with E-state index in [-0.39, 0.29) is 17.2 Å². The SMILES string of the molecule is CC(=O)c1cccc(NC(=O)C(C)Sc2nc3ccccc3c(=O)n2-c2cc(C)cc(C)c2)c1. The van der Waals surface area contributed by atoms with Crippen LogP contribution in [0.3, 0.4) is 0 Å². The van der Waals surface area contributed by atoms with Crippen LogP contribution in [0.1, 0.15) is 35.3 Å². The second kappa shape index (κ2) is 9.65. The molecule has 0 spiro atoms. The predicted molar refractivity (Wildman–Crippen MR) is 137 cm³/mol. The standard InChI is InChI=1S/C27H25N3O3S/c1-16-12-17(2)14-22(13-16)30-26(33)23-10-5-6-11-24(23)29-27(30)34-19(4)25(32)28-21-9-7-8-20(15-21)18(3)31/h5-15,19H,1-4H3,(H,28,32). The van der Waals surface area contributed by atoms with Crippen molar-refractivity contribution in [2.75, 3.05) is 5.32 Å². The van der Waals surface area contributed by atoms with Crippen molar-refractivity contribution in [3.63, 3.8) is 0 Å². The number of rotatable bonds is 6. The Hall–Kier alpha value is -3.71. The molecule has 1 heterocycles. The molecule has 4 aromatic rings. The minimum absolute atomic E-state index is 0.0728. The van der Waals surface area contributed by atoms with Gasteiger partial charge < -0.3 is 5.32 Å². The third-order valence-corrected chi connectivity index (χ3v) is 6.45. The van der Waals surface area contributed by atoms with Crippen LogP contribution in [0.25, 0.3) is 16.6 Å². The van der Waals surface area contributed by atoms with E-state index in [1.54, 1.807) is 47.9 Å². The zero-order chi connectivity index (χ0) is 24.4. The van der Waals surface area contributed by atoms with Crippen molar-refractivity contribution in [2.45, 2.75) is 38.1 Å². The molecular formula is C27H25N3O3S. The van der Waals surface area contributed by atoms with Crippen molar-refractivity contribution in [3.8, 4) is 5.69 Å². The molecule has 0 fully saturated rings. The molecule has 4 rings (SSSR count). The highest BCUT2D eigenvalue weighted by atomic mass is 32.2. The van der Waals surface area contributed by atoms with Crippen molar-refractivity contribution in [2.24, 2.45) is 0 Å². The maximum Gasteiger partial charge on any atom is 0.266 e. The number of carbonyl (C=O) groups is 2. The van der Waals surface area contributed by atoms with Crippen LogP contribution in [0.2, 0.25) is 0 Å². The molecule has 1 atom stereocenters. The Morgan fingerprint density at radius 1 is 0.971 bits per heavy atom. The first-order chi connectivity index (χ1) is 16.2. The highest BCUT2D eigenvalue weighted by Gasteiger charge is 2.21. The van der Waals surface area contributed by atoms with E-state index in [1.165, 1.54) is 18.7 Å². The molecule has 0 saturated carbocycles. The Labute approximate surface area is 202 Å². The molecule has 6 nitrogen and oxygen atoms in total. The Kier molecular flexibility index (Phi) is 6.65. The van der Waals surface area contributed by atoms with Gasteiger partial charge in [0.05, 0.1) is 21.8 Å². The number of Topliss-reactive ketones (excluding diaryl/α,β-unsaturated/α-hetero) is 1. The van der Waals surface area contributed by atoms with Crippen LogP contribution in [0.15, 0.2) is 76.7 Å². The molecule has 1 N–H and O–H groups in total. The number of hydrogen-bond donors (Lipinski definition) is 1. The van der Waals surface area contributed by atoms with Gasteiger partial charge in [-0.25, -0.2) is 4.98 Å². The summed E-state index contributed by atoms with van der Waals surface area (Å²) in [7, 11) is 0. The zero-order valence-corrected chi connectivity index (χ0v) is 20.3. The maximum absolute atomic E-state index is 13.5. The molecule has 172 valence electrons. The summed E-state index contributed by atoms with van der Waals surface area (Å²) in [5, 5.41) is 3.27. The molecular weight excluding hydrogens is 446 g/mol. The Morgan fingerprint density at radius 2 is 1.68 bits per heavy atom. The normalized spacial score (nSPS) is 11.9. The first-order valence-electron chi connectivity index (χ1n) is 10.9. The highest BCUT2D eigenvalue weighted by molar-refractivity contribution is 8.00. The fourth-order valence-electron chi connectivity index (χ4n) is 3.77. The third-order valence-electron chi connectivity index (χ3n) is 5.40. The maximum atomic E-state index is 13.5. The zero-order valence-electron chi connectivity index (χ0n) is 19.5. The molecule has 0 aliphatic carbocycles. The molecule has 1 unspecified atom stereocenters. The number of thioether (sulfide) groups is 1. The summed E-state index contributed by atoms with van der Waals surface area (Å²) in [6, 6.07) is 19.9. The average molecular weight is 472 g/mol. The number of fused-ring (bicyclic) bond motifs is 1. The van der Waals surface area contributed by atoms with Crippen LogP contribution in [-0.2, 0) is 4.79 Å². The van der Waals surface area contributed by atoms with Crippen LogP contribution in [0, 0.1) is 13.8 Å². The first kappa shape index (κ1) is 23.4. The van der Waals surface area contributed by atoms with Crippen LogP contribution in [0.4, 0.5) is 5.69 Å². The van der Waals surface area contributed by atoms with E-state index in [1.807, 2.05) is 44.2 Å². The van der Waals surface area contributed by atoms with E-state index < -0.39 is 5.25 Å². The van der Waals surface area contributed by atoms with Crippen LogP contribution >= 0.6 is 11.8 Å². The number of ketones is 1. The quantitative estimate of drug-likeness (QED) is 0.234. The smallest absolute Gasteiger partial charge is 0.266 e. The monoisotopic (exact) mass is 471 g/mol. The lowest BCUT2D eigenvalue weighted by Gasteiger charge is -2.17. The molecule has 1 amide bonds. The van der Waals surface area contributed by atoms with Gasteiger partial charge in [-0.3, -0.25) is 19.0 Å². The summed E-state index contributed by atoms with van der Waals surface area (Å²) < 4.78 is 1.58. The number of aryl methyl sites for hydroxylation is 2. The Morgan fingerprint density at radius 3 is 2.38 bits per heavy atom. The van der Waals surface area contributed by atoms with Crippen molar-refractivity contribution < 1.29 is 9.59 Å². The number of anilines is 1. The van der Waals surface area contributed by atoms with Gasteiger partial charge in [-0.1, -0.05) is 42.1 Å². The topological polar surface area (TPSA) is 81.1 Å². The molecule has 3 aromatic carbocycles. The van der Waals surface area contributed by atoms with Gasteiger partial charge in [0.2, 0.25) is 5.91 Å². The molecule has 0 saturated heterocycles. The number of hydrogen-bond acceptors (Lipinski definition) is 5. The molecule has 0 aliphatic rings. The van der Waals surface area contributed by atoms with Gasteiger partial charge in [0, 0.05) is 11.3 Å². The number of aromatic nitrogens is 2. The Balaban J connectivity index is 1.72. The van der Waals surface area contributed by atoms with Gasteiger partial charge >= 0.3 is 0 Å². The van der Waals surface area contributed by atoms with Crippen molar-refractivity contribution in [3.05, 3.63) is 93.8 Å². The van der Waals surface area contributed by atoms with Gasteiger partial charge in [0.15, 0.2) is 10.9 Å². The molecule has 0 aliphatic heterocycles. The van der Waals surface area contributed by atoms with Crippen LogP contribution in [0.5, 0.6) is 0 Å². The third kappa shape index (κ3) is 4.94. The predicted octanol–water partition coefficient (Wildman–Crippen LogP) is 5.32. The minimum atomic E-state index is -0.550. The van der Waals surface area contributed by atoms with Crippen LogP contribution < -0.4 is 10.9 Å². The summed E-state index contributed by atoms with van der Waals surface area (Å²) in [5.74, 6) is -0.323. The van der Waals surface area contributed by atoms with E-state index in [0.29, 0.717) is 33.0 Å². The minimum Gasteiger partial charge on any atom is -0.325 e. The van der Waals surface area contributed by atoms with E-state index >= 15 is 0 Å². The highest BCUT2D eigenvalue weighted by Crippen LogP contribution is 2.27. The summed E-state index contributed by atoms with van der Waals surface area (Å²) in [6.45, 7) is 7.21. The number of carbonyl (C=O) groups excluding carboxylic acids is 2. The molecule has 0 radical (unpaired) electrons. The number of nitrogens with one attached hydrogen (secondary N) is 1. The van der Waals surface area contributed by atoms with E-state index in [0.717, 1.165) is 11.1 Å². The second-order valence-corrected chi connectivity index (χ2v) is 9.59. The van der Waals surface area contributed by atoms with Crippen LogP contribution in [-0.4, -0.2) is 26.5 Å². The lowest BCUT2D eigenvalue weighted by molar-refractivity contribution is -0.115. The summed E-state index contributed by atoms with van der Waals surface area (Å²) in [5.41, 5.74) is 4.24. The van der Waals surface area contributed by atoms with Gasteiger partial charge in [-0.15, -0.1) is 0 Å².